The fourth-order valence-electron chi connectivity index (χ4n) is 3.05. The molecule has 0 aliphatic rings. The van der Waals surface area contributed by atoms with Gasteiger partial charge in [-0.25, -0.2) is 9.07 Å². The summed E-state index contributed by atoms with van der Waals surface area (Å²) in [6.45, 7) is 5.95. The molecule has 6 nitrogen and oxygen atoms in total. The minimum atomic E-state index is -0.502. The summed E-state index contributed by atoms with van der Waals surface area (Å²) in [4.78, 5) is 12.7. The lowest BCUT2D eigenvalue weighted by Gasteiger charge is -2.13. The van der Waals surface area contributed by atoms with Crippen molar-refractivity contribution < 1.29 is 18.7 Å². The number of carbonyl (C=O) groups is 1. The van der Waals surface area contributed by atoms with Gasteiger partial charge in [-0.2, -0.15) is 10.4 Å². The highest BCUT2D eigenvalue weighted by Crippen LogP contribution is 2.30. The normalized spacial score (nSPS) is 11.1. The predicted octanol–water partition coefficient (Wildman–Crippen LogP) is 4.86. The molecule has 0 bridgehead atoms. The monoisotopic (exact) mass is 419 g/mol. The molecular weight excluding hydrogens is 397 g/mol. The van der Waals surface area contributed by atoms with Gasteiger partial charge in [0.1, 0.15) is 24.1 Å². The molecule has 3 aromatic rings. The van der Waals surface area contributed by atoms with Crippen LogP contribution >= 0.6 is 0 Å². The van der Waals surface area contributed by atoms with Gasteiger partial charge >= 0.3 is 0 Å². The van der Waals surface area contributed by atoms with Gasteiger partial charge in [0, 0.05) is 5.69 Å². The van der Waals surface area contributed by atoms with E-state index in [1.807, 2.05) is 13.0 Å². The Balaban J connectivity index is 1.85. The van der Waals surface area contributed by atoms with Crippen LogP contribution in [0, 0.1) is 31.0 Å². The van der Waals surface area contributed by atoms with Crippen molar-refractivity contribution in [3.8, 4) is 17.6 Å². The molecule has 0 aliphatic carbocycles. The lowest BCUT2D eigenvalue weighted by molar-refractivity contribution is 0.0943. The minimum Gasteiger partial charge on any atom is -0.490 e. The van der Waals surface area contributed by atoms with Crippen molar-refractivity contribution in [2.24, 2.45) is 0 Å². The maximum Gasteiger partial charge on any atom is 0.289 e. The molecule has 158 valence electrons. The average Bonchev–Trinajstić information content (AvgIpc) is 3.09. The van der Waals surface area contributed by atoms with Crippen molar-refractivity contribution >= 4 is 12.0 Å². The van der Waals surface area contributed by atoms with Crippen LogP contribution in [-0.2, 0) is 6.61 Å². The Labute approximate surface area is 180 Å². The Bertz CT molecular complexity index is 1180. The smallest absolute Gasteiger partial charge is 0.289 e. The number of halogens is 1. The second-order valence-electron chi connectivity index (χ2n) is 6.87. The number of aromatic nitrogens is 2. The fraction of sp³-hybridized carbons (Fsp3) is 0.208. The highest BCUT2D eigenvalue weighted by molar-refractivity contribution is 6.03. The second-order valence-corrected chi connectivity index (χ2v) is 6.87. The van der Waals surface area contributed by atoms with E-state index in [9.17, 15) is 14.4 Å². The number of benzene rings is 2. The fourth-order valence-corrected chi connectivity index (χ4v) is 3.05. The summed E-state index contributed by atoms with van der Waals surface area (Å²) in [5.41, 5.74) is 2.59. The van der Waals surface area contributed by atoms with Crippen LogP contribution in [0.25, 0.3) is 6.08 Å². The van der Waals surface area contributed by atoms with Crippen molar-refractivity contribution in [3.63, 3.8) is 0 Å². The highest BCUT2D eigenvalue weighted by Gasteiger charge is 2.16. The first-order chi connectivity index (χ1) is 14.9. The van der Waals surface area contributed by atoms with Crippen molar-refractivity contribution in [1.82, 2.24) is 9.78 Å². The molecule has 0 unspecified atom stereocenters. The van der Waals surface area contributed by atoms with Crippen LogP contribution in [0.3, 0.4) is 0 Å². The minimum absolute atomic E-state index is 0.0536. The number of hydrogen-bond donors (Lipinski definition) is 0. The summed E-state index contributed by atoms with van der Waals surface area (Å²) < 4.78 is 26.0. The second kappa shape index (κ2) is 9.72. The van der Waals surface area contributed by atoms with E-state index in [4.69, 9.17) is 9.47 Å². The maximum atomic E-state index is 13.4. The summed E-state index contributed by atoms with van der Waals surface area (Å²) in [6, 6.07) is 15.0. The molecule has 0 aliphatic heterocycles. The molecular formula is C24H22FN3O3. The summed E-state index contributed by atoms with van der Waals surface area (Å²) in [5, 5.41) is 13.7. The van der Waals surface area contributed by atoms with E-state index in [2.05, 4.69) is 5.10 Å². The summed E-state index contributed by atoms with van der Waals surface area (Å²) in [7, 11) is 0. The maximum absolute atomic E-state index is 13.4. The van der Waals surface area contributed by atoms with E-state index < -0.39 is 5.91 Å². The standard InChI is InChI=1S/C24H22FN3O3/c1-4-30-23-13-18(8-9-22(23)31-15-19-6-5-7-21(25)12-19)11-20(14-26)24(29)28-17(3)10-16(2)27-28/h5-13H,4,15H2,1-3H3/b20-11+. The number of carbonyl (C=O) groups excluding carboxylic acids is 1. The molecule has 1 aromatic heterocycles. The summed E-state index contributed by atoms with van der Waals surface area (Å²) >= 11 is 0. The van der Waals surface area contributed by atoms with Crippen LogP contribution in [-0.4, -0.2) is 22.3 Å². The van der Waals surface area contributed by atoms with E-state index in [0.717, 1.165) is 0 Å². The zero-order valence-electron chi connectivity index (χ0n) is 17.6. The number of allylic oxidation sites excluding steroid dienone is 1. The van der Waals surface area contributed by atoms with Crippen molar-refractivity contribution in [1.29, 1.82) is 5.26 Å². The van der Waals surface area contributed by atoms with Crippen LogP contribution in [0.4, 0.5) is 4.39 Å². The van der Waals surface area contributed by atoms with Crippen LogP contribution in [0.15, 0.2) is 54.1 Å². The highest BCUT2D eigenvalue weighted by atomic mass is 19.1. The molecule has 1 heterocycles. The van der Waals surface area contributed by atoms with Gasteiger partial charge < -0.3 is 9.47 Å². The van der Waals surface area contributed by atoms with Gasteiger partial charge in [-0.3, -0.25) is 4.79 Å². The Kier molecular flexibility index (Phi) is 6.83. The van der Waals surface area contributed by atoms with E-state index in [0.29, 0.717) is 40.6 Å². The lowest BCUT2D eigenvalue weighted by atomic mass is 10.1. The first kappa shape index (κ1) is 21.8. The van der Waals surface area contributed by atoms with Gasteiger partial charge in [0.25, 0.3) is 5.91 Å². The molecule has 3 rings (SSSR count). The zero-order chi connectivity index (χ0) is 22.4. The Hall–Kier alpha value is -3.92. The van der Waals surface area contributed by atoms with Gasteiger partial charge in [0.05, 0.1) is 12.3 Å². The lowest BCUT2D eigenvalue weighted by Crippen LogP contribution is -2.15. The Morgan fingerprint density at radius 1 is 1.16 bits per heavy atom. The first-order valence-corrected chi connectivity index (χ1v) is 9.75. The molecule has 2 aromatic carbocycles. The van der Waals surface area contributed by atoms with Gasteiger partial charge in [0.15, 0.2) is 11.5 Å². The third-order valence-electron chi connectivity index (χ3n) is 4.41. The number of hydrogen-bond acceptors (Lipinski definition) is 5. The van der Waals surface area contributed by atoms with E-state index in [-0.39, 0.29) is 18.0 Å². The van der Waals surface area contributed by atoms with Crippen molar-refractivity contribution in [3.05, 3.63) is 82.4 Å². The molecule has 0 N–H and O–H groups in total. The zero-order valence-corrected chi connectivity index (χ0v) is 17.6. The first-order valence-electron chi connectivity index (χ1n) is 9.75. The predicted molar refractivity (Wildman–Crippen MR) is 114 cm³/mol. The molecule has 7 heteroatoms. The van der Waals surface area contributed by atoms with Gasteiger partial charge in [-0.1, -0.05) is 18.2 Å². The SMILES string of the molecule is CCOc1cc(/C=C(\C#N)C(=O)n2nc(C)cc2C)ccc1OCc1cccc(F)c1. The van der Waals surface area contributed by atoms with E-state index >= 15 is 0 Å². The van der Waals surface area contributed by atoms with Gasteiger partial charge in [-0.05, 0) is 68.3 Å². The Morgan fingerprint density at radius 3 is 2.61 bits per heavy atom. The van der Waals surface area contributed by atoms with Gasteiger partial charge in [0.2, 0.25) is 0 Å². The summed E-state index contributed by atoms with van der Waals surface area (Å²) in [5.74, 6) is 0.107. The molecule has 0 radical (unpaired) electrons. The van der Waals surface area contributed by atoms with Crippen LogP contribution < -0.4 is 9.47 Å². The topological polar surface area (TPSA) is 77.1 Å². The summed E-state index contributed by atoms with van der Waals surface area (Å²) in [6.07, 6.45) is 1.48. The van der Waals surface area contributed by atoms with Crippen LogP contribution in [0.1, 0.15) is 34.2 Å². The molecule has 31 heavy (non-hydrogen) atoms. The van der Waals surface area contributed by atoms with Gasteiger partial charge in [-0.15, -0.1) is 0 Å². The van der Waals surface area contributed by atoms with E-state index in [1.54, 1.807) is 50.2 Å². The number of nitriles is 1. The molecule has 0 saturated carbocycles. The number of aryl methyl sites for hydroxylation is 2. The van der Waals surface area contributed by atoms with Crippen molar-refractivity contribution in [2.75, 3.05) is 6.61 Å². The third-order valence-corrected chi connectivity index (χ3v) is 4.41. The number of ether oxygens (including phenoxy) is 2. The van der Waals surface area contributed by atoms with E-state index in [1.165, 1.54) is 22.9 Å². The largest absolute Gasteiger partial charge is 0.490 e. The number of rotatable bonds is 7. The molecule has 0 fully saturated rings. The van der Waals surface area contributed by atoms with Crippen LogP contribution in [0.5, 0.6) is 11.5 Å². The molecule has 0 amide bonds. The molecule has 0 saturated heterocycles. The van der Waals surface area contributed by atoms with Crippen molar-refractivity contribution in [2.45, 2.75) is 27.4 Å². The number of nitrogens with zero attached hydrogens (tertiary/aromatic N) is 3. The molecule has 0 spiro atoms. The third kappa shape index (κ3) is 5.37. The molecule has 0 atom stereocenters. The Morgan fingerprint density at radius 2 is 1.97 bits per heavy atom. The van der Waals surface area contributed by atoms with Crippen LogP contribution in [0.2, 0.25) is 0 Å². The quantitative estimate of drug-likeness (QED) is 0.404. The average molecular weight is 419 g/mol.